The second kappa shape index (κ2) is 7.12. The summed E-state index contributed by atoms with van der Waals surface area (Å²) >= 11 is 9.51. The van der Waals surface area contributed by atoms with Gasteiger partial charge in [-0.15, -0.1) is 11.3 Å². The molecule has 19 heavy (non-hydrogen) atoms. The minimum Gasteiger partial charge on any atom is -0.370 e. The number of hydrogen-bond acceptors (Lipinski definition) is 5. The van der Waals surface area contributed by atoms with Crippen LogP contribution in [0.1, 0.15) is 24.7 Å². The van der Waals surface area contributed by atoms with Gasteiger partial charge in [0.2, 0.25) is 0 Å². The van der Waals surface area contributed by atoms with Crippen molar-refractivity contribution >= 4 is 40.5 Å². The first-order valence-electron chi connectivity index (χ1n) is 6.13. The largest absolute Gasteiger partial charge is 0.370 e. The Morgan fingerprint density at radius 2 is 2.21 bits per heavy atom. The first-order chi connectivity index (χ1) is 9.19. The molecule has 0 aliphatic rings. The lowest BCUT2D eigenvalue weighted by Crippen LogP contribution is -2.03. The molecule has 0 unspecified atom stereocenters. The molecule has 2 aromatic rings. The third kappa shape index (κ3) is 4.37. The van der Waals surface area contributed by atoms with Gasteiger partial charge in [-0.1, -0.05) is 30.3 Å². The van der Waals surface area contributed by atoms with Crippen LogP contribution in [-0.4, -0.2) is 16.5 Å². The lowest BCUT2D eigenvalue weighted by atomic mass is 10.3. The van der Waals surface area contributed by atoms with Crippen molar-refractivity contribution < 1.29 is 0 Å². The Balaban J connectivity index is 2.02. The number of hydrogen-bond donors (Lipinski definition) is 1. The maximum atomic E-state index is 6.18. The van der Waals surface area contributed by atoms with E-state index in [4.69, 9.17) is 11.6 Å². The van der Waals surface area contributed by atoms with Crippen LogP contribution in [0.4, 0.5) is 5.82 Å². The van der Waals surface area contributed by atoms with Gasteiger partial charge in [0, 0.05) is 23.4 Å². The van der Waals surface area contributed by atoms with Gasteiger partial charge in [0.25, 0.3) is 0 Å². The molecule has 2 aromatic heterocycles. The predicted molar refractivity (Wildman–Crippen MR) is 84.4 cm³/mol. The van der Waals surface area contributed by atoms with Crippen LogP contribution < -0.4 is 5.32 Å². The van der Waals surface area contributed by atoms with Crippen molar-refractivity contribution in [1.82, 2.24) is 9.97 Å². The van der Waals surface area contributed by atoms with E-state index >= 15 is 0 Å². The molecule has 0 amide bonds. The van der Waals surface area contributed by atoms with E-state index in [1.807, 2.05) is 19.1 Å². The van der Waals surface area contributed by atoms with E-state index in [1.165, 1.54) is 0 Å². The van der Waals surface area contributed by atoms with Gasteiger partial charge in [0.15, 0.2) is 0 Å². The Hall–Kier alpha value is -0.780. The topological polar surface area (TPSA) is 37.8 Å². The molecule has 0 bridgehead atoms. The minimum atomic E-state index is 0.711. The molecule has 2 rings (SSSR count). The highest BCUT2D eigenvalue weighted by atomic mass is 35.5. The molecule has 0 fully saturated rings. The number of anilines is 1. The van der Waals surface area contributed by atoms with Gasteiger partial charge in [0.05, 0.1) is 10.7 Å². The quantitative estimate of drug-likeness (QED) is 0.790. The van der Waals surface area contributed by atoms with E-state index in [1.54, 1.807) is 23.1 Å². The summed E-state index contributed by atoms with van der Waals surface area (Å²) in [5.41, 5.74) is 1.96. The zero-order valence-corrected chi connectivity index (χ0v) is 13.3. The van der Waals surface area contributed by atoms with Crippen LogP contribution in [0.25, 0.3) is 0 Å². The summed E-state index contributed by atoms with van der Waals surface area (Å²) in [5.74, 6) is 1.63. The summed E-state index contributed by atoms with van der Waals surface area (Å²) in [6.45, 7) is 5.05. The van der Waals surface area contributed by atoms with Crippen molar-refractivity contribution in [3.8, 4) is 0 Å². The second-order valence-electron chi connectivity index (χ2n) is 4.10. The fraction of sp³-hybridized carbons (Fsp3) is 0.385. The fourth-order valence-electron chi connectivity index (χ4n) is 1.47. The molecule has 2 heterocycles. The molecule has 0 radical (unpaired) electrons. The second-order valence-corrected chi connectivity index (χ2v) is 6.58. The van der Waals surface area contributed by atoms with E-state index < -0.39 is 0 Å². The summed E-state index contributed by atoms with van der Waals surface area (Å²) in [5, 5.41) is 6.04. The van der Waals surface area contributed by atoms with Crippen LogP contribution in [0.15, 0.2) is 21.9 Å². The number of thiazole rings is 1. The first kappa shape index (κ1) is 14.6. The number of nitrogens with one attached hydrogen (secondary N) is 1. The van der Waals surface area contributed by atoms with Crippen LogP contribution in [0.5, 0.6) is 0 Å². The van der Waals surface area contributed by atoms with E-state index in [0.29, 0.717) is 5.02 Å². The Morgan fingerprint density at radius 1 is 1.37 bits per heavy atom. The van der Waals surface area contributed by atoms with Crippen LogP contribution in [0, 0.1) is 6.92 Å². The standard InChI is InChI=1S/C13H16ClN3S2/c1-3-6-15-12-5-4-10(14)11(17-12)8-19-13-16-9(2)7-18-13/h4-5,7H,3,6,8H2,1-2H3,(H,15,17). The summed E-state index contributed by atoms with van der Waals surface area (Å²) in [6, 6.07) is 3.81. The van der Waals surface area contributed by atoms with Gasteiger partial charge in [0.1, 0.15) is 10.2 Å². The van der Waals surface area contributed by atoms with Gasteiger partial charge in [-0.25, -0.2) is 9.97 Å². The predicted octanol–water partition coefficient (Wildman–Crippen LogP) is 4.61. The van der Waals surface area contributed by atoms with Crippen molar-refractivity contribution in [3.63, 3.8) is 0 Å². The van der Waals surface area contributed by atoms with Crippen molar-refractivity contribution in [3.05, 3.63) is 33.9 Å². The third-order valence-corrected chi connectivity index (χ3v) is 4.90. The van der Waals surface area contributed by atoms with E-state index in [9.17, 15) is 0 Å². The van der Waals surface area contributed by atoms with Gasteiger partial charge < -0.3 is 5.32 Å². The number of nitrogens with zero attached hydrogens (tertiary/aromatic N) is 2. The van der Waals surface area contributed by atoms with E-state index in [-0.39, 0.29) is 0 Å². The Bertz CT molecular complexity index is 542. The van der Waals surface area contributed by atoms with E-state index in [2.05, 4.69) is 27.6 Å². The average molecular weight is 314 g/mol. The Kier molecular flexibility index (Phi) is 5.48. The molecule has 0 saturated carbocycles. The summed E-state index contributed by atoms with van der Waals surface area (Å²) < 4.78 is 1.06. The summed E-state index contributed by atoms with van der Waals surface area (Å²) in [6.07, 6.45) is 1.08. The molecule has 0 aliphatic carbocycles. The number of rotatable bonds is 6. The SMILES string of the molecule is CCCNc1ccc(Cl)c(CSc2nc(C)cs2)n1. The van der Waals surface area contributed by atoms with Crippen LogP contribution >= 0.6 is 34.7 Å². The Morgan fingerprint density at radius 3 is 2.89 bits per heavy atom. The molecule has 0 atom stereocenters. The smallest absolute Gasteiger partial charge is 0.150 e. The highest BCUT2D eigenvalue weighted by Crippen LogP contribution is 2.28. The van der Waals surface area contributed by atoms with Crippen LogP contribution in [0.3, 0.4) is 0 Å². The fourth-order valence-corrected chi connectivity index (χ4v) is 3.52. The molecule has 3 nitrogen and oxygen atoms in total. The highest BCUT2D eigenvalue weighted by Gasteiger charge is 2.07. The maximum Gasteiger partial charge on any atom is 0.150 e. The Labute approximate surface area is 126 Å². The van der Waals surface area contributed by atoms with E-state index in [0.717, 1.165) is 40.3 Å². The zero-order valence-electron chi connectivity index (χ0n) is 10.9. The number of thioether (sulfide) groups is 1. The zero-order chi connectivity index (χ0) is 13.7. The number of aryl methyl sites for hydroxylation is 1. The molecule has 102 valence electrons. The molecule has 0 aromatic carbocycles. The van der Waals surface area contributed by atoms with Gasteiger partial charge in [-0.2, -0.15) is 0 Å². The highest BCUT2D eigenvalue weighted by molar-refractivity contribution is 8.00. The monoisotopic (exact) mass is 313 g/mol. The van der Waals surface area contributed by atoms with Crippen molar-refractivity contribution in [2.45, 2.75) is 30.4 Å². The van der Waals surface area contributed by atoms with Crippen molar-refractivity contribution in [2.24, 2.45) is 0 Å². The summed E-state index contributed by atoms with van der Waals surface area (Å²) in [4.78, 5) is 8.97. The number of halogens is 1. The lowest BCUT2D eigenvalue weighted by Gasteiger charge is -2.07. The number of aromatic nitrogens is 2. The molecular formula is C13H16ClN3S2. The van der Waals surface area contributed by atoms with Crippen molar-refractivity contribution in [1.29, 1.82) is 0 Å². The van der Waals surface area contributed by atoms with Crippen molar-refractivity contribution in [2.75, 3.05) is 11.9 Å². The minimum absolute atomic E-state index is 0.711. The molecule has 0 saturated heterocycles. The maximum absolute atomic E-state index is 6.18. The van der Waals surface area contributed by atoms with Gasteiger partial charge >= 0.3 is 0 Å². The molecule has 0 aliphatic heterocycles. The number of pyridine rings is 1. The lowest BCUT2D eigenvalue weighted by molar-refractivity contribution is 0.965. The third-order valence-electron chi connectivity index (χ3n) is 2.41. The average Bonchev–Trinajstić information content (AvgIpc) is 2.82. The van der Waals surface area contributed by atoms with Crippen LogP contribution in [-0.2, 0) is 5.75 Å². The molecule has 1 N–H and O–H groups in total. The first-order valence-corrected chi connectivity index (χ1v) is 8.37. The van der Waals surface area contributed by atoms with Crippen LogP contribution in [0.2, 0.25) is 5.02 Å². The summed E-state index contributed by atoms with van der Waals surface area (Å²) in [7, 11) is 0. The molecule has 0 spiro atoms. The molecule has 6 heteroatoms. The van der Waals surface area contributed by atoms with Gasteiger partial charge in [-0.3, -0.25) is 0 Å². The molecular weight excluding hydrogens is 298 g/mol. The normalized spacial score (nSPS) is 10.7. The van der Waals surface area contributed by atoms with Gasteiger partial charge in [-0.05, 0) is 25.5 Å².